The molecule has 0 radical (unpaired) electrons. The van der Waals surface area contributed by atoms with Gasteiger partial charge >= 0.3 is 0 Å². The second kappa shape index (κ2) is 6.35. The minimum absolute atomic E-state index is 0.159. The molecule has 5 heteroatoms. The van der Waals surface area contributed by atoms with Crippen molar-refractivity contribution in [1.29, 1.82) is 0 Å². The number of para-hydroxylation sites is 2. The normalized spacial score (nSPS) is 24.8. The highest BCUT2D eigenvalue weighted by Crippen LogP contribution is 2.36. The Kier molecular flexibility index (Phi) is 4.73. The fourth-order valence-electron chi connectivity index (χ4n) is 3.24. The molecule has 2 atom stereocenters. The van der Waals surface area contributed by atoms with Crippen LogP contribution in [0.25, 0.3) is 0 Å². The Morgan fingerprint density at radius 1 is 1.48 bits per heavy atom. The average Bonchev–Trinajstić information content (AvgIpc) is 2.87. The zero-order valence-corrected chi connectivity index (χ0v) is 12.8. The van der Waals surface area contributed by atoms with Gasteiger partial charge in [-0.25, -0.2) is 0 Å². The standard InChI is InChI=1S/C16H25N3O2/c1-19(13-7-3-4-8-14(13)21-2)11-9-12-6-5-10-16(12,18)15(17)20/h3-4,7-8,12H,5-6,9-11,18H2,1-2H3,(H2,17,20). The highest BCUT2D eigenvalue weighted by atomic mass is 16.5. The van der Waals surface area contributed by atoms with Gasteiger partial charge in [-0.15, -0.1) is 0 Å². The third kappa shape index (κ3) is 3.13. The van der Waals surface area contributed by atoms with Crippen LogP contribution in [0.3, 0.4) is 0 Å². The smallest absolute Gasteiger partial charge is 0.237 e. The first kappa shape index (κ1) is 15.6. The number of rotatable bonds is 6. The van der Waals surface area contributed by atoms with Gasteiger partial charge in [-0.1, -0.05) is 18.6 Å². The quantitative estimate of drug-likeness (QED) is 0.832. The molecule has 1 saturated carbocycles. The number of anilines is 1. The second-order valence-corrected chi connectivity index (χ2v) is 5.88. The Labute approximate surface area is 126 Å². The molecule has 0 bridgehead atoms. The monoisotopic (exact) mass is 291 g/mol. The number of methoxy groups -OCH3 is 1. The highest BCUT2D eigenvalue weighted by molar-refractivity contribution is 5.85. The summed E-state index contributed by atoms with van der Waals surface area (Å²) in [6, 6.07) is 7.90. The summed E-state index contributed by atoms with van der Waals surface area (Å²) in [4.78, 5) is 13.7. The minimum atomic E-state index is -0.832. The van der Waals surface area contributed by atoms with E-state index < -0.39 is 5.54 Å². The van der Waals surface area contributed by atoms with Gasteiger partial charge < -0.3 is 21.1 Å². The molecule has 5 nitrogen and oxygen atoms in total. The first-order valence-electron chi connectivity index (χ1n) is 7.42. The van der Waals surface area contributed by atoms with Crippen molar-refractivity contribution in [3.05, 3.63) is 24.3 Å². The van der Waals surface area contributed by atoms with Gasteiger partial charge in [-0.05, 0) is 37.3 Å². The summed E-state index contributed by atoms with van der Waals surface area (Å²) in [7, 11) is 3.69. The maximum Gasteiger partial charge on any atom is 0.237 e. The number of hydrogen-bond acceptors (Lipinski definition) is 4. The number of primary amides is 1. The number of carbonyl (C=O) groups excluding carboxylic acids is 1. The number of benzene rings is 1. The molecule has 0 aliphatic heterocycles. The lowest BCUT2D eigenvalue weighted by molar-refractivity contribution is -0.124. The van der Waals surface area contributed by atoms with Crippen LogP contribution in [0, 0.1) is 5.92 Å². The summed E-state index contributed by atoms with van der Waals surface area (Å²) in [6.45, 7) is 0.817. The molecule has 21 heavy (non-hydrogen) atoms. The van der Waals surface area contributed by atoms with Crippen molar-refractivity contribution < 1.29 is 9.53 Å². The molecule has 1 aliphatic rings. The summed E-state index contributed by atoms with van der Waals surface area (Å²) < 4.78 is 5.38. The molecule has 0 saturated heterocycles. The van der Waals surface area contributed by atoms with E-state index in [2.05, 4.69) is 4.90 Å². The Morgan fingerprint density at radius 3 is 2.86 bits per heavy atom. The predicted molar refractivity (Wildman–Crippen MR) is 84.3 cm³/mol. The van der Waals surface area contributed by atoms with E-state index in [1.165, 1.54) is 0 Å². The molecule has 1 aliphatic carbocycles. The predicted octanol–water partition coefficient (Wildman–Crippen LogP) is 1.50. The molecular formula is C16H25N3O2. The third-order valence-corrected chi connectivity index (χ3v) is 4.64. The summed E-state index contributed by atoms with van der Waals surface area (Å²) in [5.74, 6) is 0.637. The second-order valence-electron chi connectivity index (χ2n) is 5.88. The zero-order chi connectivity index (χ0) is 15.5. The van der Waals surface area contributed by atoms with Gasteiger partial charge in [0.25, 0.3) is 0 Å². The van der Waals surface area contributed by atoms with Crippen LogP contribution in [-0.4, -0.2) is 32.1 Å². The van der Waals surface area contributed by atoms with Crippen molar-refractivity contribution in [3.8, 4) is 5.75 Å². The molecule has 1 aromatic carbocycles. The van der Waals surface area contributed by atoms with Gasteiger partial charge in [-0.2, -0.15) is 0 Å². The van der Waals surface area contributed by atoms with E-state index in [-0.39, 0.29) is 11.8 Å². The number of nitrogens with two attached hydrogens (primary N) is 2. The van der Waals surface area contributed by atoms with E-state index in [4.69, 9.17) is 16.2 Å². The van der Waals surface area contributed by atoms with Crippen molar-refractivity contribution in [2.75, 3.05) is 25.6 Å². The average molecular weight is 291 g/mol. The van der Waals surface area contributed by atoms with Crippen molar-refractivity contribution >= 4 is 11.6 Å². The van der Waals surface area contributed by atoms with Gasteiger partial charge in [0.05, 0.1) is 18.3 Å². The minimum Gasteiger partial charge on any atom is -0.495 e. The Bertz CT molecular complexity index is 506. The maximum atomic E-state index is 11.6. The SMILES string of the molecule is COc1ccccc1N(C)CCC1CCCC1(N)C(N)=O. The lowest BCUT2D eigenvalue weighted by atomic mass is 9.85. The Morgan fingerprint density at radius 2 is 2.19 bits per heavy atom. The highest BCUT2D eigenvalue weighted by Gasteiger charge is 2.43. The van der Waals surface area contributed by atoms with E-state index in [1.54, 1.807) is 7.11 Å². The summed E-state index contributed by atoms with van der Waals surface area (Å²) >= 11 is 0. The van der Waals surface area contributed by atoms with Crippen LogP contribution in [0.4, 0.5) is 5.69 Å². The third-order valence-electron chi connectivity index (χ3n) is 4.64. The molecule has 0 heterocycles. The number of carbonyl (C=O) groups is 1. The largest absolute Gasteiger partial charge is 0.495 e. The lowest BCUT2D eigenvalue weighted by Crippen LogP contribution is -2.55. The molecule has 116 valence electrons. The van der Waals surface area contributed by atoms with Crippen LogP contribution in [0.2, 0.25) is 0 Å². The fourth-order valence-corrected chi connectivity index (χ4v) is 3.24. The van der Waals surface area contributed by atoms with Gasteiger partial charge in [-0.3, -0.25) is 4.79 Å². The lowest BCUT2D eigenvalue weighted by Gasteiger charge is -2.30. The molecule has 1 aromatic rings. The zero-order valence-electron chi connectivity index (χ0n) is 12.8. The van der Waals surface area contributed by atoms with E-state index in [9.17, 15) is 4.79 Å². The summed E-state index contributed by atoms with van der Waals surface area (Å²) in [5.41, 5.74) is 11.9. The van der Waals surface area contributed by atoms with E-state index in [0.29, 0.717) is 6.42 Å². The van der Waals surface area contributed by atoms with Gasteiger partial charge in [0, 0.05) is 13.6 Å². The number of ether oxygens (including phenoxy) is 1. The molecular weight excluding hydrogens is 266 g/mol. The van der Waals surface area contributed by atoms with Crippen molar-refractivity contribution in [2.24, 2.45) is 17.4 Å². The van der Waals surface area contributed by atoms with Gasteiger partial charge in [0.1, 0.15) is 5.75 Å². The van der Waals surface area contributed by atoms with Crippen LogP contribution in [-0.2, 0) is 4.79 Å². The van der Waals surface area contributed by atoms with Crippen LogP contribution < -0.4 is 21.1 Å². The number of hydrogen-bond donors (Lipinski definition) is 2. The number of nitrogens with zero attached hydrogens (tertiary/aromatic N) is 1. The molecule has 1 amide bonds. The summed E-state index contributed by atoms with van der Waals surface area (Å²) in [6.07, 6.45) is 3.50. The first-order chi connectivity index (χ1) is 9.99. The maximum absolute atomic E-state index is 11.6. The van der Waals surface area contributed by atoms with Crippen molar-refractivity contribution in [3.63, 3.8) is 0 Å². The topological polar surface area (TPSA) is 81.6 Å². The summed E-state index contributed by atoms with van der Waals surface area (Å²) in [5, 5.41) is 0. The van der Waals surface area contributed by atoms with Crippen LogP contribution in [0.15, 0.2) is 24.3 Å². The van der Waals surface area contributed by atoms with Crippen molar-refractivity contribution in [1.82, 2.24) is 0 Å². The van der Waals surface area contributed by atoms with Crippen LogP contribution >= 0.6 is 0 Å². The van der Waals surface area contributed by atoms with Gasteiger partial charge in [0.2, 0.25) is 5.91 Å². The molecule has 2 rings (SSSR count). The molecule has 0 spiro atoms. The Balaban J connectivity index is 2.01. The van der Waals surface area contributed by atoms with Crippen LogP contribution in [0.5, 0.6) is 5.75 Å². The number of amides is 1. The van der Waals surface area contributed by atoms with Crippen LogP contribution in [0.1, 0.15) is 25.7 Å². The fraction of sp³-hybridized carbons (Fsp3) is 0.562. The van der Waals surface area contributed by atoms with Gasteiger partial charge in [0.15, 0.2) is 0 Å². The van der Waals surface area contributed by atoms with E-state index >= 15 is 0 Å². The van der Waals surface area contributed by atoms with E-state index in [0.717, 1.165) is 37.2 Å². The molecule has 0 aromatic heterocycles. The molecule has 2 unspecified atom stereocenters. The molecule has 4 N–H and O–H groups in total. The molecule has 1 fully saturated rings. The first-order valence-corrected chi connectivity index (χ1v) is 7.42. The Hall–Kier alpha value is -1.75. The van der Waals surface area contributed by atoms with Crippen molar-refractivity contribution in [2.45, 2.75) is 31.2 Å². The van der Waals surface area contributed by atoms with E-state index in [1.807, 2.05) is 31.3 Å².